The third-order valence-electron chi connectivity index (χ3n) is 3.69. The second-order valence-corrected chi connectivity index (χ2v) is 7.13. The predicted molar refractivity (Wildman–Crippen MR) is 94.8 cm³/mol. The monoisotopic (exact) mass is 364 g/mol. The van der Waals surface area contributed by atoms with Gasteiger partial charge in [0.05, 0.1) is 17.6 Å². The Morgan fingerprint density at radius 1 is 1.16 bits per heavy atom. The Morgan fingerprint density at radius 3 is 2.40 bits per heavy atom. The van der Waals surface area contributed by atoms with E-state index in [9.17, 15) is 18.3 Å². The second-order valence-electron chi connectivity index (χ2n) is 5.24. The van der Waals surface area contributed by atoms with Crippen LogP contribution in [0.15, 0.2) is 47.4 Å². The van der Waals surface area contributed by atoms with Gasteiger partial charge in [-0.25, -0.2) is 17.9 Å². The molecule has 0 bridgehead atoms. The highest BCUT2D eigenvalue weighted by atomic mass is 32.2. The molecular weight excluding hydrogens is 344 g/mol. The number of nitrogens with one attached hydrogen (secondary N) is 2. The first-order chi connectivity index (χ1) is 11.9. The topological polar surface area (TPSA) is 105 Å². The summed E-state index contributed by atoms with van der Waals surface area (Å²) in [6, 6.07) is 11.5. The number of carboxylic acid groups (broad SMARTS) is 1. The Bertz CT molecular complexity index is 848. The van der Waals surface area contributed by atoms with Crippen molar-refractivity contribution in [3.05, 3.63) is 53.6 Å². The van der Waals surface area contributed by atoms with Crippen LogP contribution in [0, 0.1) is 0 Å². The fourth-order valence-electron chi connectivity index (χ4n) is 2.27. The zero-order valence-electron chi connectivity index (χ0n) is 13.9. The summed E-state index contributed by atoms with van der Waals surface area (Å²) in [5.41, 5.74) is 1.35. The van der Waals surface area contributed by atoms with Crippen LogP contribution in [0.5, 0.6) is 5.75 Å². The van der Waals surface area contributed by atoms with E-state index >= 15 is 0 Å². The van der Waals surface area contributed by atoms with Crippen molar-refractivity contribution in [2.75, 3.05) is 26.0 Å². The summed E-state index contributed by atoms with van der Waals surface area (Å²) in [5, 5.41) is 12.4. The molecule has 0 aliphatic rings. The highest BCUT2D eigenvalue weighted by molar-refractivity contribution is 7.89. The minimum absolute atomic E-state index is 0.0897. The number of methoxy groups -OCH3 is 1. The quantitative estimate of drug-likeness (QED) is 0.661. The zero-order valence-corrected chi connectivity index (χ0v) is 14.8. The highest BCUT2D eigenvalue weighted by Gasteiger charge is 2.17. The maximum atomic E-state index is 11.8. The van der Waals surface area contributed by atoms with Gasteiger partial charge in [-0.3, -0.25) is 0 Å². The van der Waals surface area contributed by atoms with E-state index in [0.29, 0.717) is 18.7 Å². The summed E-state index contributed by atoms with van der Waals surface area (Å²) in [5.74, 6) is -0.425. The van der Waals surface area contributed by atoms with E-state index in [4.69, 9.17) is 4.74 Å². The van der Waals surface area contributed by atoms with Crippen LogP contribution in [0.2, 0.25) is 0 Å². The Hall–Kier alpha value is -2.58. The van der Waals surface area contributed by atoms with Crippen molar-refractivity contribution in [2.45, 2.75) is 11.3 Å². The number of anilines is 1. The van der Waals surface area contributed by atoms with Crippen LogP contribution in [-0.2, 0) is 16.4 Å². The predicted octanol–water partition coefficient (Wildman–Crippen LogP) is 1.96. The molecule has 0 atom stereocenters. The number of ether oxygens (including phenoxy) is 1. The van der Waals surface area contributed by atoms with Crippen LogP contribution in [0.3, 0.4) is 0 Å². The van der Waals surface area contributed by atoms with Crippen LogP contribution < -0.4 is 14.8 Å². The lowest BCUT2D eigenvalue weighted by molar-refractivity contribution is 0.0697. The molecule has 0 spiro atoms. The van der Waals surface area contributed by atoms with E-state index < -0.39 is 16.0 Å². The van der Waals surface area contributed by atoms with Crippen molar-refractivity contribution in [1.82, 2.24) is 4.72 Å². The van der Waals surface area contributed by atoms with Crippen molar-refractivity contribution in [2.24, 2.45) is 0 Å². The number of carboxylic acids is 1. The van der Waals surface area contributed by atoms with E-state index in [2.05, 4.69) is 10.0 Å². The molecule has 0 aliphatic heterocycles. The molecule has 0 radical (unpaired) electrons. The molecule has 0 saturated carbocycles. The minimum atomic E-state index is -3.69. The van der Waals surface area contributed by atoms with Crippen molar-refractivity contribution < 1.29 is 23.1 Å². The molecule has 0 aliphatic carbocycles. The number of sulfonamides is 1. The summed E-state index contributed by atoms with van der Waals surface area (Å²) >= 11 is 0. The minimum Gasteiger partial charge on any atom is -0.497 e. The molecular formula is C17H20N2O5S. The van der Waals surface area contributed by atoms with Gasteiger partial charge in [-0.2, -0.15) is 0 Å². The first kappa shape index (κ1) is 18.8. The summed E-state index contributed by atoms with van der Waals surface area (Å²) in [6.45, 7) is 0.505. The largest absolute Gasteiger partial charge is 0.497 e. The van der Waals surface area contributed by atoms with Gasteiger partial charge in [0.15, 0.2) is 0 Å². The zero-order chi connectivity index (χ0) is 18.4. The first-order valence-corrected chi connectivity index (χ1v) is 9.03. The number of carbonyl (C=O) groups is 1. The lowest BCUT2D eigenvalue weighted by Gasteiger charge is -2.12. The molecule has 0 heterocycles. The van der Waals surface area contributed by atoms with Gasteiger partial charge in [-0.05, 0) is 49.4 Å². The van der Waals surface area contributed by atoms with Gasteiger partial charge in [0.25, 0.3) is 0 Å². The normalized spacial score (nSPS) is 11.1. The van der Waals surface area contributed by atoms with Crippen LogP contribution in [0.4, 0.5) is 5.69 Å². The molecule has 0 unspecified atom stereocenters. The number of hydrogen-bond donors (Lipinski definition) is 3. The summed E-state index contributed by atoms with van der Waals surface area (Å²) in [7, 11) is -0.820. The highest BCUT2D eigenvalue weighted by Crippen LogP contribution is 2.21. The van der Waals surface area contributed by atoms with Crippen LogP contribution in [0.25, 0.3) is 0 Å². The maximum Gasteiger partial charge on any atom is 0.337 e. The van der Waals surface area contributed by atoms with E-state index in [1.165, 1.54) is 19.2 Å². The summed E-state index contributed by atoms with van der Waals surface area (Å²) < 4.78 is 30.9. The third-order valence-corrected chi connectivity index (χ3v) is 5.10. The molecule has 2 aromatic carbocycles. The Kier molecular flexibility index (Phi) is 6.00. The maximum absolute atomic E-state index is 11.8. The van der Waals surface area contributed by atoms with E-state index in [0.717, 1.165) is 17.4 Å². The second kappa shape index (κ2) is 8.00. The van der Waals surface area contributed by atoms with Crippen molar-refractivity contribution >= 4 is 21.7 Å². The first-order valence-electron chi connectivity index (χ1n) is 7.55. The number of benzene rings is 2. The van der Waals surface area contributed by atoms with E-state index in [-0.39, 0.29) is 10.5 Å². The molecule has 2 rings (SSSR count). The molecule has 8 heteroatoms. The molecule has 0 saturated heterocycles. The van der Waals surface area contributed by atoms with E-state index in [1.54, 1.807) is 7.11 Å². The fourth-order valence-corrected chi connectivity index (χ4v) is 3.03. The van der Waals surface area contributed by atoms with Crippen molar-refractivity contribution in [3.63, 3.8) is 0 Å². The lowest BCUT2D eigenvalue weighted by Crippen LogP contribution is -2.19. The van der Waals surface area contributed by atoms with Gasteiger partial charge in [-0.1, -0.05) is 12.1 Å². The summed E-state index contributed by atoms with van der Waals surface area (Å²) in [4.78, 5) is 11.3. The molecule has 25 heavy (non-hydrogen) atoms. The van der Waals surface area contributed by atoms with Crippen molar-refractivity contribution in [1.29, 1.82) is 0 Å². The van der Waals surface area contributed by atoms with Crippen LogP contribution in [-0.4, -0.2) is 40.2 Å². The SMILES string of the molecule is CNS(=O)(=O)c1ccc(NCCc2ccc(OC)cc2)c(C(=O)O)c1. The fraction of sp³-hybridized carbons (Fsp3) is 0.235. The third kappa shape index (κ3) is 4.71. The van der Waals surface area contributed by atoms with Gasteiger partial charge in [-0.15, -0.1) is 0 Å². The average molecular weight is 364 g/mol. The molecule has 134 valence electrons. The molecule has 0 amide bonds. The number of rotatable bonds is 8. The molecule has 7 nitrogen and oxygen atoms in total. The molecule has 0 fully saturated rings. The number of hydrogen-bond acceptors (Lipinski definition) is 5. The smallest absolute Gasteiger partial charge is 0.337 e. The van der Waals surface area contributed by atoms with Gasteiger partial charge in [0.2, 0.25) is 10.0 Å². The lowest BCUT2D eigenvalue weighted by atomic mass is 10.1. The van der Waals surface area contributed by atoms with E-state index in [1.807, 2.05) is 24.3 Å². The molecule has 2 aromatic rings. The van der Waals surface area contributed by atoms with Gasteiger partial charge in [0, 0.05) is 12.2 Å². The van der Waals surface area contributed by atoms with Crippen LogP contribution in [0.1, 0.15) is 15.9 Å². The van der Waals surface area contributed by atoms with Crippen molar-refractivity contribution in [3.8, 4) is 5.75 Å². The molecule has 0 aromatic heterocycles. The summed E-state index contributed by atoms with van der Waals surface area (Å²) in [6.07, 6.45) is 0.680. The van der Waals surface area contributed by atoms with Gasteiger partial charge in [0.1, 0.15) is 5.75 Å². The Balaban J connectivity index is 2.11. The standard InChI is InChI=1S/C17H20N2O5S/c1-18-25(22,23)14-7-8-16(15(11-14)17(20)21)19-10-9-12-3-5-13(24-2)6-4-12/h3-8,11,18-19H,9-10H2,1-2H3,(H,20,21). The van der Waals surface area contributed by atoms with Gasteiger partial charge < -0.3 is 15.2 Å². The van der Waals surface area contributed by atoms with Gasteiger partial charge >= 0.3 is 5.97 Å². The number of aromatic carboxylic acids is 1. The average Bonchev–Trinajstić information content (AvgIpc) is 2.62. The Morgan fingerprint density at radius 2 is 1.84 bits per heavy atom. The van der Waals surface area contributed by atoms with Crippen LogP contribution >= 0.6 is 0 Å². The molecule has 3 N–H and O–H groups in total. The Labute approximate surface area is 146 Å².